The smallest absolute Gasteiger partial charge is 0.227 e. The Balaban J connectivity index is 1.72. The minimum atomic E-state index is -0.0290. The van der Waals surface area contributed by atoms with Crippen LogP contribution in [0.25, 0.3) is 0 Å². The van der Waals surface area contributed by atoms with Gasteiger partial charge in [0, 0.05) is 19.1 Å². The lowest BCUT2D eigenvalue weighted by molar-refractivity contribution is -0.125. The summed E-state index contributed by atoms with van der Waals surface area (Å²) in [6.07, 6.45) is 1.20. The van der Waals surface area contributed by atoms with Gasteiger partial charge in [-0.15, -0.1) is 0 Å². The molecule has 2 fully saturated rings. The SMILES string of the molecule is CCN1CCC(CNC(=O)C2COCC2NC)C1. The number of rotatable bonds is 5. The van der Waals surface area contributed by atoms with Gasteiger partial charge in [-0.25, -0.2) is 0 Å². The number of ether oxygens (including phenoxy) is 1. The molecule has 3 atom stereocenters. The Hall–Kier alpha value is -0.650. The maximum absolute atomic E-state index is 12.1. The molecule has 3 unspecified atom stereocenters. The second-order valence-corrected chi connectivity index (χ2v) is 5.33. The normalized spacial score (nSPS) is 32.9. The lowest BCUT2D eigenvalue weighted by Gasteiger charge is -2.18. The molecule has 2 aliphatic heterocycles. The average Bonchev–Trinajstić information content (AvgIpc) is 3.04. The number of carbonyl (C=O) groups excluding carboxylic acids is 1. The molecule has 5 nitrogen and oxygen atoms in total. The quantitative estimate of drug-likeness (QED) is 0.707. The number of nitrogens with zero attached hydrogens (tertiary/aromatic N) is 1. The third-order valence-corrected chi connectivity index (χ3v) is 4.17. The van der Waals surface area contributed by atoms with Crippen LogP contribution < -0.4 is 10.6 Å². The van der Waals surface area contributed by atoms with Crippen LogP contribution in [0.5, 0.6) is 0 Å². The van der Waals surface area contributed by atoms with Crippen molar-refractivity contribution < 1.29 is 9.53 Å². The molecule has 0 aromatic heterocycles. The lowest BCUT2D eigenvalue weighted by atomic mass is 10.0. The zero-order chi connectivity index (χ0) is 13.0. The van der Waals surface area contributed by atoms with Crippen molar-refractivity contribution in [3.05, 3.63) is 0 Å². The van der Waals surface area contributed by atoms with E-state index in [0.29, 0.717) is 19.1 Å². The highest BCUT2D eigenvalue weighted by Gasteiger charge is 2.33. The molecule has 1 amide bonds. The van der Waals surface area contributed by atoms with Crippen molar-refractivity contribution in [1.29, 1.82) is 0 Å². The zero-order valence-corrected chi connectivity index (χ0v) is 11.4. The highest BCUT2D eigenvalue weighted by Crippen LogP contribution is 2.16. The highest BCUT2D eigenvalue weighted by molar-refractivity contribution is 5.79. The summed E-state index contributed by atoms with van der Waals surface area (Å²) in [4.78, 5) is 14.5. The average molecular weight is 255 g/mol. The second-order valence-electron chi connectivity index (χ2n) is 5.33. The molecule has 0 aliphatic carbocycles. The summed E-state index contributed by atoms with van der Waals surface area (Å²) in [5, 5.41) is 6.23. The van der Waals surface area contributed by atoms with Crippen molar-refractivity contribution in [2.45, 2.75) is 19.4 Å². The minimum absolute atomic E-state index is 0.0290. The zero-order valence-electron chi connectivity index (χ0n) is 11.4. The molecule has 2 heterocycles. The largest absolute Gasteiger partial charge is 0.379 e. The number of hydrogen-bond donors (Lipinski definition) is 2. The van der Waals surface area contributed by atoms with E-state index in [1.165, 1.54) is 13.0 Å². The van der Waals surface area contributed by atoms with E-state index < -0.39 is 0 Å². The van der Waals surface area contributed by atoms with Crippen LogP contribution in [0.3, 0.4) is 0 Å². The number of likely N-dealkylation sites (N-methyl/N-ethyl adjacent to an activating group) is 1. The van der Waals surface area contributed by atoms with E-state index in [-0.39, 0.29) is 17.9 Å². The molecule has 2 aliphatic rings. The highest BCUT2D eigenvalue weighted by atomic mass is 16.5. The Morgan fingerprint density at radius 1 is 1.44 bits per heavy atom. The molecule has 0 spiro atoms. The summed E-state index contributed by atoms with van der Waals surface area (Å²) >= 11 is 0. The van der Waals surface area contributed by atoms with E-state index in [4.69, 9.17) is 4.74 Å². The Morgan fingerprint density at radius 3 is 2.94 bits per heavy atom. The molecule has 2 saturated heterocycles. The van der Waals surface area contributed by atoms with Gasteiger partial charge in [0.2, 0.25) is 5.91 Å². The van der Waals surface area contributed by atoms with Gasteiger partial charge < -0.3 is 20.3 Å². The molecule has 18 heavy (non-hydrogen) atoms. The maximum Gasteiger partial charge on any atom is 0.227 e. The standard InChI is InChI=1S/C13H25N3O2/c1-3-16-5-4-10(7-16)6-15-13(17)11-8-18-9-12(11)14-2/h10-12,14H,3-9H2,1-2H3,(H,15,17). The first-order valence-corrected chi connectivity index (χ1v) is 6.99. The summed E-state index contributed by atoms with van der Waals surface area (Å²) in [6, 6.07) is 0.167. The molecular formula is C13H25N3O2. The van der Waals surface area contributed by atoms with Crippen molar-refractivity contribution in [3.63, 3.8) is 0 Å². The molecule has 0 bridgehead atoms. The van der Waals surface area contributed by atoms with Gasteiger partial charge >= 0.3 is 0 Å². The number of carbonyl (C=O) groups is 1. The van der Waals surface area contributed by atoms with Crippen molar-refractivity contribution in [1.82, 2.24) is 15.5 Å². The molecule has 0 aromatic rings. The topological polar surface area (TPSA) is 53.6 Å². The van der Waals surface area contributed by atoms with Crippen molar-refractivity contribution in [2.24, 2.45) is 11.8 Å². The Morgan fingerprint density at radius 2 is 2.28 bits per heavy atom. The predicted octanol–water partition coefficient (Wildman–Crippen LogP) is -0.321. The Bertz CT molecular complexity index is 285. The van der Waals surface area contributed by atoms with E-state index in [1.807, 2.05) is 7.05 Å². The molecule has 5 heteroatoms. The van der Waals surface area contributed by atoms with E-state index in [0.717, 1.165) is 19.6 Å². The van der Waals surface area contributed by atoms with Crippen LogP contribution in [0.15, 0.2) is 0 Å². The van der Waals surface area contributed by atoms with Crippen molar-refractivity contribution in [2.75, 3.05) is 46.4 Å². The Labute approximate surface area is 109 Å². The number of amides is 1. The summed E-state index contributed by atoms with van der Waals surface area (Å²) in [6.45, 7) is 7.58. The number of likely N-dealkylation sites (tertiary alicyclic amines) is 1. The van der Waals surface area contributed by atoms with Gasteiger partial charge in [-0.1, -0.05) is 6.92 Å². The molecule has 2 N–H and O–H groups in total. The van der Waals surface area contributed by atoms with Gasteiger partial charge in [-0.2, -0.15) is 0 Å². The minimum Gasteiger partial charge on any atom is -0.379 e. The van der Waals surface area contributed by atoms with Crippen LogP contribution in [0, 0.1) is 11.8 Å². The summed E-state index contributed by atoms with van der Waals surface area (Å²) < 4.78 is 5.36. The summed E-state index contributed by atoms with van der Waals surface area (Å²) in [7, 11) is 1.88. The fourth-order valence-corrected chi connectivity index (χ4v) is 2.84. The maximum atomic E-state index is 12.1. The van der Waals surface area contributed by atoms with Crippen LogP contribution in [0.1, 0.15) is 13.3 Å². The number of hydrogen-bond acceptors (Lipinski definition) is 4. The predicted molar refractivity (Wildman–Crippen MR) is 70.4 cm³/mol. The molecule has 0 radical (unpaired) electrons. The monoisotopic (exact) mass is 255 g/mol. The lowest BCUT2D eigenvalue weighted by Crippen LogP contribution is -2.44. The van der Waals surface area contributed by atoms with Crippen LogP contribution in [0.2, 0.25) is 0 Å². The molecular weight excluding hydrogens is 230 g/mol. The Kier molecular flexibility index (Phi) is 4.97. The summed E-state index contributed by atoms with van der Waals surface area (Å²) in [5.74, 6) is 0.727. The second kappa shape index (κ2) is 6.50. The molecule has 0 aromatic carbocycles. The summed E-state index contributed by atoms with van der Waals surface area (Å²) in [5.41, 5.74) is 0. The van der Waals surface area contributed by atoms with Gasteiger partial charge in [0.1, 0.15) is 0 Å². The molecule has 0 saturated carbocycles. The van der Waals surface area contributed by atoms with Crippen LogP contribution in [0.4, 0.5) is 0 Å². The number of nitrogens with one attached hydrogen (secondary N) is 2. The molecule has 2 rings (SSSR count). The van der Waals surface area contributed by atoms with E-state index in [1.54, 1.807) is 0 Å². The van der Waals surface area contributed by atoms with Crippen molar-refractivity contribution >= 4 is 5.91 Å². The fourth-order valence-electron chi connectivity index (χ4n) is 2.84. The van der Waals surface area contributed by atoms with Gasteiger partial charge in [0.15, 0.2) is 0 Å². The third-order valence-electron chi connectivity index (χ3n) is 4.17. The first-order valence-electron chi connectivity index (χ1n) is 6.99. The van der Waals surface area contributed by atoms with E-state index in [2.05, 4.69) is 22.5 Å². The van der Waals surface area contributed by atoms with Crippen molar-refractivity contribution in [3.8, 4) is 0 Å². The molecule has 104 valence electrons. The van der Waals surface area contributed by atoms with Crippen LogP contribution >= 0.6 is 0 Å². The van der Waals surface area contributed by atoms with Gasteiger partial charge in [0.25, 0.3) is 0 Å². The third kappa shape index (κ3) is 3.22. The van der Waals surface area contributed by atoms with E-state index in [9.17, 15) is 4.79 Å². The van der Waals surface area contributed by atoms with Gasteiger partial charge in [0.05, 0.1) is 19.1 Å². The fraction of sp³-hybridized carbons (Fsp3) is 0.923. The van der Waals surface area contributed by atoms with Crippen LogP contribution in [-0.4, -0.2) is 63.3 Å². The van der Waals surface area contributed by atoms with E-state index >= 15 is 0 Å². The van der Waals surface area contributed by atoms with Gasteiger partial charge in [-0.05, 0) is 32.5 Å². The van der Waals surface area contributed by atoms with Gasteiger partial charge in [-0.3, -0.25) is 4.79 Å². The van der Waals surface area contributed by atoms with Crippen LogP contribution in [-0.2, 0) is 9.53 Å². The first-order chi connectivity index (χ1) is 8.74. The first kappa shape index (κ1) is 13.8.